The van der Waals surface area contributed by atoms with Gasteiger partial charge < -0.3 is 0 Å². The summed E-state index contributed by atoms with van der Waals surface area (Å²) < 4.78 is 0. The lowest BCUT2D eigenvalue weighted by Gasteiger charge is -2.42. The third-order valence-electron chi connectivity index (χ3n) is 5.32. The van der Waals surface area contributed by atoms with E-state index in [1.807, 2.05) is 12.3 Å². The van der Waals surface area contributed by atoms with Crippen molar-refractivity contribution >= 4 is 0 Å². The van der Waals surface area contributed by atoms with E-state index >= 15 is 0 Å². The quantitative estimate of drug-likeness (QED) is 0.804. The van der Waals surface area contributed by atoms with Gasteiger partial charge in [0.2, 0.25) is 0 Å². The molecular weight excluding hydrogens is 308 g/mol. The summed E-state index contributed by atoms with van der Waals surface area (Å²) >= 11 is 0. The van der Waals surface area contributed by atoms with Crippen LogP contribution in [0.1, 0.15) is 42.8 Å². The lowest BCUT2D eigenvalue weighted by atomic mass is 9.88. The zero-order valence-electron chi connectivity index (χ0n) is 15.7. The number of pyridine rings is 2. The molecule has 0 radical (unpaired) electrons. The van der Waals surface area contributed by atoms with Gasteiger partial charge in [-0.25, -0.2) is 0 Å². The van der Waals surface area contributed by atoms with E-state index in [9.17, 15) is 0 Å². The summed E-state index contributed by atoms with van der Waals surface area (Å²) in [5, 5.41) is 0. The van der Waals surface area contributed by atoms with Gasteiger partial charge in [-0.3, -0.25) is 19.8 Å². The summed E-state index contributed by atoms with van der Waals surface area (Å²) in [6, 6.07) is 13.6. The fourth-order valence-corrected chi connectivity index (χ4v) is 4.04. The molecule has 0 amide bonds. The maximum atomic E-state index is 4.68. The molecule has 2 atom stereocenters. The van der Waals surface area contributed by atoms with Crippen molar-refractivity contribution in [3.05, 3.63) is 59.7 Å². The number of aromatic nitrogens is 2. The first-order valence-corrected chi connectivity index (χ1v) is 9.36. The molecule has 0 aromatic carbocycles. The van der Waals surface area contributed by atoms with Gasteiger partial charge in [-0.1, -0.05) is 25.0 Å². The summed E-state index contributed by atoms with van der Waals surface area (Å²) in [5.74, 6) is 0. The molecule has 0 unspecified atom stereocenters. The number of likely N-dealkylation sites (N-methyl/N-ethyl adjacent to an activating group) is 2. The van der Waals surface area contributed by atoms with Crippen molar-refractivity contribution in [3.63, 3.8) is 0 Å². The molecule has 0 aliphatic heterocycles. The first kappa shape index (κ1) is 18.0. The van der Waals surface area contributed by atoms with Crippen LogP contribution in [0.15, 0.2) is 42.6 Å². The van der Waals surface area contributed by atoms with Crippen LogP contribution in [0.5, 0.6) is 0 Å². The van der Waals surface area contributed by atoms with Gasteiger partial charge in [-0.2, -0.15) is 0 Å². The van der Waals surface area contributed by atoms with E-state index in [0.29, 0.717) is 12.1 Å². The van der Waals surface area contributed by atoms with E-state index in [0.717, 1.165) is 24.5 Å². The van der Waals surface area contributed by atoms with Crippen molar-refractivity contribution in [2.45, 2.75) is 57.8 Å². The molecule has 0 bridgehead atoms. The lowest BCUT2D eigenvalue weighted by molar-refractivity contribution is 0.0680. The fraction of sp³-hybridized carbons (Fsp3) is 0.524. The number of rotatable bonds is 6. The SMILES string of the molecule is Cc1cccc(CN(C)[C@@H]2CCCC[C@H]2N(C)Cc2ccccn2)n1. The summed E-state index contributed by atoms with van der Waals surface area (Å²) in [6.45, 7) is 3.90. The van der Waals surface area contributed by atoms with E-state index in [1.54, 1.807) is 0 Å². The third-order valence-corrected chi connectivity index (χ3v) is 5.32. The van der Waals surface area contributed by atoms with E-state index in [4.69, 9.17) is 0 Å². The number of aryl methyl sites for hydroxylation is 1. The number of hydrogen-bond acceptors (Lipinski definition) is 4. The molecule has 1 saturated carbocycles. The van der Waals surface area contributed by atoms with Crippen LogP contribution in [0.25, 0.3) is 0 Å². The molecule has 0 N–H and O–H groups in total. The second kappa shape index (κ2) is 8.54. The van der Waals surface area contributed by atoms with Crippen molar-refractivity contribution in [2.75, 3.05) is 14.1 Å². The minimum Gasteiger partial charge on any atom is -0.296 e. The first-order valence-electron chi connectivity index (χ1n) is 9.36. The highest BCUT2D eigenvalue weighted by Crippen LogP contribution is 2.27. The van der Waals surface area contributed by atoms with Gasteiger partial charge in [0.15, 0.2) is 0 Å². The second-order valence-electron chi connectivity index (χ2n) is 7.34. The molecule has 1 aliphatic rings. The normalized spacial score (nSPS) is 21.0. The average Bonchev–Trinajstić information content (AvgIpc) is 2.62. The van der Waals surface area contributed by atoms with E-state index in [1.165, 1.54) is 31.4 Å². The molecule has 25 heavy (non-hydrogen) atoms. The van der Waals surface area contributed by atoms with Crippen LogP contribution in [-0.4, -0.2) is 45.9 Å². The van der Waals surface area contributed by atoms with Gasteiger partial charge >= 0.3 is 0 Å². The Morgan fingerprint density at radius 3 is 2.12 bits per heavy atom. The van der Waals surface area contributed by atoms with Crippen LogP contribution < -0.4 is 0 Å². The van der Waals surface area contributed by atoms with Crippen LogP contribution in [0.4, 0.5) is 0 Å². The molecule has 2 aromatic rings. The third kappa shape index (κ3) is 4.86. The standard InChI is InChI=1S/C21H30N4/c1-17-9-8-11-19(23-17)16-25(3)21-13-5-4-12-20(21)24(2)15-18-10-6-7-14-22-18/h6-11,14,20-21H,4-5,12-13,15-16H2,1-3H3/t20-,21-/m1/s1. The van der Waals surface area contributed by atoms with E-state index in [-0.39, 0.29) is 0 Å². The molecule has 0 spiro atoms. The molecule has 4 nitrogen and oxygen atoms in total. The van der Waals surface area contributed by atoms with Crippen LogP contribution in [0, 0.1) is 6.92 Å². The van der Waals surface area contributed by atoms with E-state index < -0.39 is 0 Å². The Hall–Kier alpha value is -1.78. The largest absolute Gasteiger partial charge is 0.296 e. The average molecular weight is 338 g/mol. The van der Waals surface area contributed by atoms with Crippen LogP contribution >= 0.6 is 0 Å². The summed E-state index contributed by atoms with van der Waals surface area (Å²) in [6.07, 6.45) is 7.06. The fourth-order valence-electron chi connectivity index (χ4n) is 4.04. The van der Waals surface area contributed by atoms with Crippen LogP contribution in [-0.2, 0) is 13.1 Å². The van der Waals surface area contributed by atoms with Crippen molar-refractivity contribution in [1.29, 1.82) is 0 Å². The van der Waals surface area contributed by atoms with Gasteiger partial charge in [0.1, 0.15) is 0 Å². The Balaban J connectivity index is 1.67. The van der Waals surface area contributed by atoms with Gasteiger partial charge in [-0.15, -0.1) is 0 Å². The minimum atomic E-state index is 0.574. The van der Waals surface area contributed by atoms with Crippen LogP contribution in [0.3, 0.4) is 0 Å². The zero-order chi connectivity index (χ0) is 17.6. The van der Waals surface area contributed by atoms with Crippen molar-refractivity contribution in [2.24, 2.45) is 0 Å². The Bertz CT molecular complexity index is 658. The zero-order valence-corrected chi connectivity index (χ0v) is 15.7. The lowest BCUT2D eigenvalue weighted by Crippen LogP contribution is -2.50. The van der Waals surface area contributed by atoms with Gasteiger partial charge in [-0.05, 0) is 58.1 Å². The Morgan fingerprint density at radius 1 is 0.880 bits per heavy atom. The molecule has 2 heterocycles. The van der Waals surface area contributed by atoms with Crippen molar-refractivity contribution in [1.82, 2.24) is 19.8 Å². The highest BCUT2D eigenvalue weighted by Gasteiger charge is 2.31. The molecule has 1 aliphatic carbocycles. The van der Waals surface area contributed by atoms with Crippen molar-refractivity contribution < 1.29 is 0 Å². The molecule has 4 heteroatoms. The van der Waals surface area contributed by atoms with Gasteiger partial charge in [0.25, 0.3) is 0 Å². The van der Waals surface area contributed by atoms with Gasteiger partial charge in [0, 0.05) is 37.1 Å². The van der Waals surface area contributed by atoms with Gasteiger partial charge in [0.05, 0.1) is 11.4 Å². The highest BCUT2D eigenvalue weighted by atomic mass is 15.2. The Morgan fingerprint density at radius 2 is 1.52 bits per heavy atom. The Kier molecular flexibility index (Phi) is 6.16. The first-order chi connectivity index (χ1) is 12.1. The summed E-state index contributed by atoms with van der Waals surface area (Å²) in [7, 11) is 4.50. The molecule has 134 valence electrons. The summed E-state index contributed by atoms with van der Waals surface area (Å²) in [4.78, 5) is 14.2. The summed E-state index contributed by atoms with van der Waals surface area (Å²) in [5.41, 5.74) is 3.41. The topological polar surface area (TPSA) is 32.3 Å². The Labute approximate surface area is 151 Å². The van der Waals surface area contributed by atoms with Crippen LogP contribution in [0.2, 0.25) is 0 Å². The predicted molar refractivity (Wildman–Crippen MR) is 102 cm³/mol. The number of hydrogen-bond donors (Lipinski definition) is 0. The van der Waals surface area contributed by atoms with Crippen molar-refractivity contribution in [3.8, 4) is 0 Å². The minimum absolute atomic E-state index is 0.574. The smallest absolute Gasteiger partial charge is 0.0547 e. The maximum Gasteiger partial charge on any atom is 0.0547 e. The highest BCUT2D eigenvalue weighted by molar-refractivity contribution is 5.10. The molecular formula is C21H30N4. The molecule has 3 rings (SSSR count). The monoisotopic (exact) mass is 338 g/mol. The molecule has 1 fully saturated rings. The number of nitrogens with zero attached hydrogens (tertiary/aromatic N) is 4. The second-order valence-corrected chi connectivity index (χ2v) is 7.34. The molecule has 0 saturated heterocycles. The van der Waals surface area contributed by atoms with E-state index in [2.05, 4.69) is 71.1 Å². The maximum absolute atomic E-state index is 4.68. The predicted octanol–water partition coefficient (Wildman–Crippen LogP) is 3.66. The molecule has 2 aromatic heterocycles.